The number of ether oxygens (including phenoxy) is 2. The summed E-state index contributed by atoms with van der Waals surface area (Å²) in [6, 6.07) is 18.3. The van der Waals surface area contributed by atoms with Gasteiger partial charge in [0.05, 0.1) is 40.8 Å². The summed E-state index contributed by atoms with van der Waals surface area (Å²) in [4.78, 5) is 68.0. The number of benzene rings is 3. The van der Waals surface area contributed by atoms with Gasteiger partial charge in [-0.15, -0.1) is 0 Å². The number of anilines is 2. The molecule has 1 aromatic heterocycles. The van der Waals surface area contributed by atoms with E-state index in [1.54, 1.807) is 31.2 Å². The van der Waals surface area contributed by atoms with E-state index in [4.69, 9.17) is 14.6 Å². The lowest BCUT2D eigenvalue weighted by atomic mass is 9.82. The number of nitrogens with one attached hydrogen (secondary N) is 1. The molecule has 0 bridgehead atoms. The van der Waals surface area contributed by atoms with E-state index in [0.717, 1.165) is 28.0 Å². The third kappa shape index (κ3) is 6.03. The number of thioether (sulfide) groups is 1. The van der Waals surface area contributed by atoms with Gasteiger partial charge in [0.25, 0.3) is 0 Å². The van der Waals surface area contributed by atoms with Crippen LogP contribution in [-0.4, -0.2) is 55.6 Å². The number of rotatable bonds is 9. The van der Waals surface area contributed by atoms with Crippen molar-refractivity contribution in [2.75, 3.05) is 23.9 Å². The molecule has 3 atom stereocenters. The number of sulfonamides is 1. The predicted molar refractivity (Wildman–Crippen MR) is 178 cm³/mol. The normalized spacial score (nSPS) is 18.6. The lowest BCUT2D eigenvalue weighted by molar-refractivity contribution is -0.122. The van der Waals surface area contributed by atoms with Gasteiger partial charge in [0.2, 0.25) is 27.7 Å². The molecule has 3 aromatic carbocycles. The van der Waals surface area contributed by atoms with Crippen LogP contribution >= 0.6 is 23.1 Å². The van der Waals surface area contributed by atoms with Crippen molar-refractivity contribution in [1.29, 1.82) is 0 Å². The number of primary sulfonamides is 1. The Kier molecular flexibility index (Phi) is 9.00. The standard InChI is InChI=1S/C32H28N4O9S3/c1-3-45-31(40)17-8-12-19(13-9-17)36-28(38)25-24(21-6-4-5-7-22(21)44-2)27-30(46-26(25)29(36)39)35(32(41)47-27)16-23(37)34-18-10-14-20(15-11-18)48(33,42)43/h4-15,24-26H,3,16H2,1-2H3,(H,34,37)(H2,33,42,43)/t24-,25-,26+/m0/s1. The highest BCUT2D eigenvalue weighted by atomic mass is 32.2. The third-order valence-electron chi connectivity index (χ3n) is 7.93. The van der Waals surface area contributed by atoms with E-state index in [-0.39, 0.29) is 28.4 Å². The van der Waals surface area contributed by atoms with Crippen LogP contribution in [0, 0.1) is 5.92 Å². The fourth-order valence-corrected chi connectivity index (χ4v) is 9.08. The molecule has 6 rings (SSSR count). The van der Waals surface area contributed by atoms with Gasteiger partial charge in [-0.05, 0) is 61.5 Å². The molecular weight excluding hydrogens is 681 g/mol. The second-order valence-corrected chi connectivity index (χ2v) is 14.5. The Bertz CT molecular complexity index is 2110. The molecule has 3 amide bonds. The van der Waals surface area contributed by atoms with Crippen LogP contribution in [0.25, 0.3) is 0 Å². The number of hydrogen-bond donors (Lipinski definition) is 2. The van der Waals surface area contributed by atoms with E-state index in [9.17, 15) is 32.4 Å². The van der Waals surface area contributed by atoms with Crippen LogP contribution in [-0.2, 0) is 35.7 Å². The Morgan fingerprint density at radius 3 is 2.29 bits per heavy atom. The van der Waals surface area contributed by atoms with E-state index in [0.29, 0.717) is 21.2 Å². The summed E-state index contributed by atoms with van der Waals surface area (Å²) < 4.78 is 35.1. The largest absolute Gasteiger partial charge is 0.496 e. The lowest BCUT2D eigenvalue weighted by Gasteiger charge is -2.31. The summed E-state index contributed by atoms with van der Waals surface area (Å²) in [5, 5.41) is 7.22. The molecule has 3 N–H and O–H groups in total. The summed E-state index contributed by atoms with van der Waals surface area (Å²) in [6.07, 6.45) is 0. The number of nitrogens with two attached hydrogens (primary N) is 1. The fourth-order valence-electron chi connectivity index (χ4n) is 5.80. The summed E-state index contributed by atoms with van der Waals surface area (Å²) >= 11 is 1.94. The van der Waals surface area contributed by atoms with Gasteiger partial charge in [0.1, 0.15) is 17.5 Å². The molecule has 0 saturated carbocycles. The Morgan fingerprint density at radius 1 is 0.958 bits per heavy atom. The van der Waals surface area contributed by atoms with E-state index in [2.05, 4.69) is 5.32 Å². The van der Waals surface area contributed by atoms with Crippen LogP contribution in [0.1, 0.15) is 33.6 Å². The molecule has 1 saturated heterocycles. The van der Waals surface area contributed by atoms with Crippen LogP contribution in [0.15, 0.2) is 87.5 Å². The van der Waals surface area contributed by atoms with Crippen LogP contribution in [0.4, 0.5) is 11.4 Å². The highest BCUT2D eigenvalue weighted by Gasteiger charge is 2.57. The quantitative estimate of drug-likeness (QED) is 0.193. The fraction of sp³-hybridized carbons (Fsp3) is 0.219. The number of nitrogens with zero attached hydrogens (tertiary/aromatic N) is 2. The minimum absolute atomic E-state index is 0.128. The van der Waals surface area contributed by atoms with Crippen molar-refractivity contribution >= 4 is 68.2 Å². The number of imide groups is 1. The molecule has 0 spiro atoms. The molecule has 248 valence electrons. The van der Waals surface area contributed by atoms with Crippen molar-refractivity contribution in [2.24, 2.45) is 11.1 Å². The summed E-state index contributed by atoms with van der Waals surface area (Å²) in [5.74, 6) is -3.29. The second-order valence-electron chi connectivity index (χ2n) is 10.8. The van der Waals surface area contributed by atoms with Crippen LogP contribution < -0.4 is 25.0 Å². The first-order valence-corrected chi connectivity index (χ1v) is 17.8. The molecule has 1 fully saturated rings. The summed E-state index contributed by atoms with van der Waals surface area (Å²) in [5.41, 5.74) is 1.43. The number of methoxy groups -OCH3 is 1. The van der Waals surface area contributed by atoms with Crippen molar-refractivity contribution in [1.82, 2.24) is 4.57 Å². The molecule has 2 aliphatic rings. The van der Waals surface area contributed by atoms with E-state index < -0.39 is 62.2 Å². The maximum absolute atomic E-state index is 14.2. The minimum atomic E-state index is -3.93. The third-order valence-corrected chi connectivity index (χ3v) is 11.5. The monoisotopic (exact) mass is 708 g/mol. The number of carbonyl (C=O) groups excluding carboxylic acids is 4. The lowest BCUT2D eigenvalue weighted by Crippen LogP contribution is -2.33. The number of carbonyl (C=O) groups is 4. The van der Waals surface area contributed by atoms with Gasteiger partial charge < -0.3 is 14.8 Å². The number of fused-ring (bicyclic) bond motifs is 2. The van der Waals surface area contributed by atoms with Crippen LogP contribution in [0.2, 0.25) is 0 Å². The minimum Gasteiger partial charge on any atom is -0.496 e. The van der Waals surface area contributed by atoms with E-state index >= 15 is 0 Å². The number of thiazole rings is 1. The highest BCUT2D eigenvalue weighted by molar-refractivity contribution is 8.00. The number of amides is 3. The first kappa shape index (κ1) is 33.1. The maximum atomic E-state index is 14.2. The van der Waals surface area contributed by atoms with Crippen molar-refractivity contribution in [3.8, 4) is 5.75 Å². The SMILES string of the molecule is CCOC(=O)c1ccc(N2C(=O)[C@H]3[C@H](c4ccccc4OC)c4sc(=O)n(CC(=O)Nc5ccc(S(N)(=O)=O)cc5)c4S[C@H]3C2=O)cc1. The molecule has 0 aliphatic carbocycles. The molecule has 3 heterocycles. The van der Waals surface area contributed by atoms with E-state index in [1.807, 2.05) is 0 Å². The molecule has 0 radical (unpaired) electrons. The van der Waals surface area contributed by atoms with Gasteiger partial charge in [-0.25, -0.2) is 23.3 Å². The first-order valence-electron chi connectivity index (χ1n) is 14.5. The van der Waals surface area contributed by atoms with E-state index in [1.165, 1.54) is 60.2 Å². The summed E-state index contributed by atoms with van der Waals surface area (Å²) in [6.45, 7) is 1.47. The Morgan fingerprint density at radius 2 is 1.65 bits per heavy atom. The van der Waals surface area contributed by atoms with Gasteiger partial charge >= 0.3 is 10.8 Å². The molecule has 0 unspecified atom stereocenters. The van der Waals surface area contributed by atoms with Crippen molar-refractivity contribution < 1.29 is 37.1 Å². The molecule has 16 heteroatoms. The van der Waals surface area contributed by atoms with Crippen molar-refractivity contribution in [3.05, 3.63) is 98.5 Å². The van der Waals surface area contributed by atoms with Gasteiger partial charge in [0, 0.05) is 22.0 Å². The zero-order valence-corrected chi connectivity index (χ0v) is 27.9. The molecule has 48 heavy (non-hydrogen) atoms. The average Bonchev–Trinajstić information content (AvgIpc) is 3.50. The first-order chi connectivity index (χ1) is 22.9. The average molecular weight is 709 g/mol. The molecule has 4 aromatic rings. The van der Waals surface area contributed by atoms with Crippen molar-refractivity contribution in [3.63, 3.8) is 0 Å². The van der Waals surface area contributed by atoms with Crippen molar-refractivity contribution in [2.45, 2.75) is 34.6 Å². The zero-order chi connectivity index (χ0) is 34.3. The Balaban J connectivity index is 1.36. The summed E-state index contributed by atoms with van der Waals surface area (Å²) in [7, 11) is -2.44. The highest BCUT2D eigenvalue weighted by Crippen LogP contribution is 2.55. The van der Waals surface area contributed by atoms with Gasteiger partial charge in [-0.2, -0.15) is 0 Å². The van der Waals surface area contributed by atoms with Crippen LogP contribution in [0.3, 0.4) is 0 Å². The molecule has 13 nitrogen and oxygen atoms in total. The van der Waals surface area contributed by atoms with Gasteiger partial charge in [-0.3, -0.25) is 23.7 Å². The van der Waals surface area contributed by atoms with Gasteiger partial charge in [0.15, 0.2) is 0 Å². The second kappa shape index (κ2) is 13.0. The predicted octanol–water partition coefficient (Wildman–Crippen LogP) is 3.18. The number of esters is 1. The van der Waals surface area contributed by atoms with Crippen LogP contribution in [0.5, 0.6) is 5.75 Å². The number of para-hydroxylation sites is 1. The Hall–Kier alpha value is -4.77. The smallest absolute Gasteiger partial charge is 0.338 e. The molecular formula is C32H28N4O9S3. The maximum Gasteiger partial charge on any atom is 0.338 e. The number of aromatic nitrogens is 1. The number of hydrogen-bond acceptors (Lipinski definition) is 11. The Labute approximate surface area is 282 Å². The molecule has 2 aliphatic heterocycles. The topological polar surface area (TPSA) is 184 Å². The van der Waals surface area contributed by atoms with Gasteiger partial charge in [-0.1, -0.05) is 41.3 Å². The zero-order valence-electron chi connectivity index (χ0n) is 25.4.